The molecule has 3 aromatic heterocycles. The van der Waals surface area contributed by atoms with Gasteiger partial charge in [-0.05, 0) is 18.2 Å². The van der Waals surface area contributed by atoms with E-state index in [0.717, 1.165) is 5.56 Å². The van der Waals surface area contributed by atoms with E-state index in [2.05, 4.69) is 15.4 Å². The Balaban J connectivity index is 2.11. The molecular formula is C12H11N5O2. The van der Waals surface area contributed by atoms with Gasteiger partial charge in [-0.25, -0.2) is 20.6 Å². The zero-order valence-electron chi connectivity index (χ0n) is 9.91. The zero-order valence-corrected chi connectivity index (χ0v) is 9.91. The topological polar surface area (TPSA) is 99.0 Å². The predicted molar refractivity (Wildman–Crippen MR) is 69.4 cm³/mol. The molecule has 0 atom stereocenters. The minimum absolute atomic E-state index is 0.288. The van der Waals surface area contributed by atoms with E-state index in [4.69, 9.17) is 10.3 Å². The number of nitrogens with zero attached hydrogens (tertiary/aromatic N) is 3. The van der Waals surface area contributed by atoms with Crippen LogP contribution in [0.4, 0.5) is 5.82 Å². The molecule has 3 aromatic rings. The lowest BCUT2D eigenvalue weighted by atomic mass is 10.2. The summed E-state index contributed by atoms with van der Waals surface area (Å²) in [6, 6.07) is 7.02. The third-order valence-corrected chi connectivity index (χ3v) is 2.78. The van der Waals surface area contributed by atoms with Crippen LogP contribution in [0.5, 0.6) is 0 Å². The monoisotopic (exact) mass is 257 g/mol. The van der Waals surface area contributed by atoms with Crippen molar-refractivity contribution in [3.8, 4) is 0 Å². The summed E-state index contributed by atoms with van der Waals surface area (Å²) >= 11 is 0. The van der Waals surface area contributed by atoms with Crippen LogP contribution in [0.15, 0.2) is 45.9 Å². The molecule has 3 rings (SSSR count). The number of nitrogens with one attached hydrogen (secondary N) is 1. The summed E-state index contributed by atoms with van der Waals surface area (Å²) < 4.78 is 6.56. The fraction of sp³-hybridized carbons (Fsp3) is 0.0833. The molecule has 7 nitrogen and oxygen atoms in total. The van der Waals surface area contributed by atoms with Gasteiger partial charge in [-0.1, -0.05) is 6.07 Å². The van der Waals surface area contributed by atoms with Crippen LogP contribution in [0, 0.1) is 0 Å². The molecule has 0 aliphatic rings. The second-order valence-electron chi connectivity index (χ2n) is 3.93. The SMILES string of the molecule is NNc1ncccc1Cn1c(=O)oc2cccnc21. The lowest BCUT2D eigenvalue weighted by Crippen LogP contribution is -2.18. The number of hydrogen-bond donors (Lipinski definition) is 2. The van der Waals surface area contributed by atoms with Crippen molar-refractivity contribution in [1.29, 1.82) is 0 Å². The quantitative estimate of drug-likeness (QED) is 0.530. The highest BCUT2D eigenvalue weighted by Crippen LogP contribution is 2.14. The fourth-order valence-electron chi connectivity index (χ4n) is 1.91. The summed E-state index contributed by atoms with van der Waals surface area (Å²) in [7, 11) is 0. The molecule has 0 radical (unpaired) electrons. The molecule has 0 unspecified atom stereocenters. The van der Waals surface area contributed by atoms with Gasteiger partial charge < -0.3 is 9.84 Å². The zero-order chi connectivity index (χ0) is 13.2. The van der Waals surface area contributed by atoms with Crippen molar-refractivity contribution in [1.82, 2.24) is 14.5 Å². The molecule has 0 fully saturated rings. The molecule has 96 valence electrons. The summed E-state index contributed by atoms with van der Waals surface area (Å²) in [6.45, 7) is 0.288. The van der Waals surface area contributed by atoms with Gasteiger partial charge in [-0.15, -0.1) is 0 Å². The van der Waals surface area contributed by atoms with Crippen LogP contribution in [0.1, 0.15) is 5.56 Å². The third kappa shape index (κ3) is 1.95. The van der Waals surface area contributed by atoms with E-state index >= 15 is 0 Å². The minimum atomic E-state index is -0.458. The summed E-state index contributed by atoms with van der Waals surface area (Å²) in [5.41, 5.74) is 4.23. The Kier molecular flexibility index (Phi) is 2.73. The number of aromatic nitrogens is 3. The lowest BCUT2D eigenvalue weighted by Gasteiger charge is -2.07. The molecule has 0 saturated carbocycles. The highest BCUT2D eigenvalue weighted by atomic mass is 16.4. The normalized spacial score (nSPS) is 10.8. The van der Waals surface area contributed by atoms with Gasteiger partial charge in [-0.2, -0.15) is 0 Å². The number of nitrogens with two attached hydrogens (primary N) is 1. The number of pyridine rings is 2. The molecule has 0 spiro atoms. The summed E-state index contributed by atoms with van der Waals surface area (Å²) in [4.78, 5) is 20.1. The van der Waals surface area contributed by atoms with E-state index in [1.165, 1.54) is 4.57 Å². The highest BCUT2D eigenvalue weighted by Gasteiger charge is 2.12. The van der Waals surface area contributed by atoms with Crippen LogP contribution >= 0.6 is 0 Å². The van der Waals surface area contributed by atoms with E-state index in [0.29, 0.717) is 17.0 Å². The molecule has 0 bridgehead atoms. The van der Waals surface area contributed by atoms with Crippen molar-refractivity contribution < 1.29 is 4.42 Å². The van der Waals surface area contributed by atoms with Gasteiger partial charge in [0.15, 0.2) is 11.2 Å². The lowest BCUT2D eigenvalue weighted by molar-refractivity contribution is 0.517. The van der Waals surface area contributed by atoms with E-state index in [9.17, 15) is 4.79 Å². The first-order chi connectivity index (χ1) is 9.29. The van der Waals surface area contributed by atoms with E-state index in [1.807, 2.05) is 6.07 Å². The number of anilines is 1. The Labute approximate surface area is 107 Å². The number of oxazole rings is 1. The largest absolute Gasteiger partial charge is 0.421 e. The maximum Gasteiger partial charge on any atom is 0.421 e. The summed E-state index contributed by atoms with van der Waals surface area (Å²) in [6.07, 6.45) is 3.23. The molecule has 0 aliphatic carbocycles. The van der Waals surface area contributed by atoms with Gasteiger partial charge in [0.2, 0.25) is 0 Å². The van der Waals surface area contributed by atoms with Crippen LogP contribution in [0.3, 0.4) is 0 Å². The van der Waals surface area contributed by atoms with E-state index < -0.39 is 5.76 Å². The number of rotatable bonds is 3. The van der Waals surface area contributed by atoms with Crippen molar-refractivity contribution in [3.63, 3.8) is 0 Å². The van der Waals surface area contributed by atoms with Gasteiger partial charge in [0, 0.05) is 18.0 Å². The molecule has 7 heteroatoms. The first-order valence-electron chi connectivity index (χ1n) is 5.64. The number of hydrogen-bond acceptors (Lipinski definition) is 6. The van der Waals surface area contributed by atoms with Crippen molar-refractivity contribution in [2.24, 2.45) is 5.84 Å². The number of fused-ring (bicyclic) bond motifs is 1. The predicted octanol–water partition coefficient (Wildman–Crippen LogP) is 0.718. The molecule has 0 aromatic carbocycles. The maximum absolute atomic E-state index is 11.8. The second-order valence-corrected chi connectivity index (χ2v) is 3.93. The van der Waals surface area contributed by atoms with Crippen molar-refractivity contribution in [3.05, 3.63) is 52.8 Å². The van der Waals surface area contributed by atoms with E-state index in [1.54, 1.807) is 30.6 Å². The molecule has 0 aliphatic heterocycles. The van der Waals surface area contributed by atoms with Crippen molar-refractivity contribution in [2.75, 3.05) is 5.43 Å². The van der Waals surface area contributed by atoms with E-state index in [-0.39, 0.29) is 6.54 Å². The summed E-state index contributed by atoms with van der Waals surface area (Å²) in [5.74, 6) is 5.45. The Morgan fingerprint density at radius 1 is 1.26 bits per heavy atom. The Morgan fingerprint density at radius 3 is 2.89 bits per heavy atom. The molecule has 0 saturated heterocycles. The standard InChI is InChI=1S/C12H11N5O2/c13-16-10-8(3-1-5-14-10)7-17-11-9(19-12(17)18)4-2-6-15-11/h1-6H,7,13H2,(H,14,16). The van der Waals surface area contributed by atoms with Crippen LogP contribution in [0.2, 0.25) is 0 Å². The third-order valence-electron chi connectivity index (χ3n) is 2.78. The van der Waals surface area contributed by atoms with Gasteiger partial charge in [-0.3, -0.25) is 4.57 Å². The summed E-state index contributed by atoms with van der Waals surface area (Å²) in [5, 5.41) is 0. The first kappa shape index (κ1) is 11.4. The molecule has 19 heavy (non-hydrogen) atoms. The fourth-order valence-corrected chi connectivity index (χ4v) is 1.91. The van der Waals surface area contributed by atoms with Crippen LogP contribution < -0.4 is 17.0 Å². The second kappa shape index (κ2) is 4.54. The molecule has 3 heterocycles. The van der Waals surface area contributed by atoms with Gasteiger partial charge >= 0.3 is 5.76 Å². The Bertz CT molecular complexity index is 777. The molecule has 0 amide bonds. The Morgan fingerprint density at radius 2 is 2.05 bits per heavy atom. The first-order valence-corrected chi connectivity index (χ1v) is 5.64. The Hall–Kier alpha value is -2.67. The average molecular weight is 257 g/mol. The van der Waals surface area contributed by atoms with Crippen molar-refractivity contribution >= 4 is 17.0 Å². The van der Waals surface area contributed by atoms with Crippen LogP contribution in [-0.2, 0) is 6.54 Å². The molecular weight excluding hydrogens is 246 g/mol. The van der Waals surface area contributed by atoms with Gasteiger partial charge in [0.1, 0.15) is 5.82 Å². The smallest absolute Gasteiger partial charge is 0.406 e. The van der Waals surface area contributed by atoms with Crippen LogP contribution in [-0.4, -0.2) is 14.5 Å². The maximum atomic E-state index is 11.8. The van der Waals surface area contributed by atoms with Crippen LogP contribution in [0.25, 0.3) is 11.2 Å². The highest BCUT2D eigenvalue weighted by molar-refractivity contribution is 5.67. The molecule has 3 N–H and O–H groups in total. The van der Waals surface area contributed by atoms with Gasteiger partial charge in [0.25, 0.3) is 0 Å². The number of hydrazine groups is 1. The average Bonchev–Trinajstić information content (AvgIpc) is 2.76. The van der Waals surface area contributed by atoms with Gasteiger partial charge in [0.05, 0.1) is 6.54 Å². The number of nitrogen functional groups attached to an aromatic ring is 1. The van der Waals surface area contributed by atoms with Crippen molar-refractivity contribution in [2.45, 2.75) is 6.54 Å². The minimum Gasteiger partial charge on any atom is -0.406 e.